The van der Waals surface area contributed by atoms with E-state index in [9.17, 15) is 5.11 Å². The number of aliphatic hydroxyl groups excluding tert-OH is 1. The van der Waals surface area contributed by atoms with E-state index in [4.69, 9.17) is 0 Å². The first kappa shape index (κ1) is 10.8. The fourth-order valence-corrected chi connectivity index (χ4v) is 1.73. The molecule has 0 fully saturated rings. The van der Waals surface area contributed by atoms with Crippen LogP contribution in [0, 0.1) is 0 Å². The first-order valence-corrected chi connectivity index (χ1v) is 5.29. The number of pyridine rings is 2. The molecule has 0 aliphatic heterocycles. The summed E-state index contributed by atoms with van der Waals surface area (Å²) in [5, 5.41) is 10.1. The lowest BCUT2D eigenvalue weighted by Gasteiger charge is -2.08. The van der Waals surface area contributed by atoms with E-state index in [2.05, 4.69) is 4.98 Å². The van der Waals surface area contributed by atoms with Crippen molar-refractivity contribution in [3.63, 3.8) is 0 Å². The van der Waals surface area contributed by atoms with Gasteiger partial charge < -0.3 is 5.11 Å². The number of hydrogen-bond donors (Lipinski definition) is 1. The monoisotopic (exact) mass is 215 g/mol. The van der Waals surface area contributed by atoms with Crippen LogP contribution in [-0.2, 0) is 13.5 Å². The molecule has 3 nitrogen and oxygen atoms in total. The summed E-state index contributed by atoms with van der Waals surface area (Å²) < 4.78 is 1.94. The SMILES string of the molecule is C[n+]1ccccc1C(O)Cc1ccncc1. The zero-order valence-corrected chi connectivity index (χ0v) is 9.24. The van der Waals surface area contributed by atoms with Crippen LogP contribution in [0.25, 0.3) is 0 Å². The number of aliphatic hydroxyl groups is 1. The van der Waals surface area contributed by atoms with E-state index in [1.807, 2.05) is 48.1 Å². The van der Waals surface area contributed by atoms with Gasteiger partial charge in [-0.2, -0.15) is 0 Å². The van der Waals surface area contributed by atoms with Crippen molar-refractivity contribution in [3.8, 4) is 0 Å². The zero-order valence-electron chi connectivity index (χ0n) is 9.24. The van der Waals surface area contributed by atoms with E-state index in [-0.39, 0.29) is 0 Å². The van der Waals surface area contributed by atoms with Crippen molar-refractivity contribution in [1.82, 2.24) is 4.98 Å². The van der Waals surface area contributed by atoms with E-state index in [0.717, 1.165) is 11.3 Å². The van der Waals surface area contributed by atoms with E-state index < -0.39 is 6.10 Å². The summed E-state index contributed by atoms with van der Waals surface area (Å²) in [5.74, 6) is 0. The first-order valence-electron chi connectivity index (χ1n) is 5.29. The Labute approximate surface area is 95.0 Å². The van der Waals surface area contributed by atoms with Crippen LogP contribution in [0.3, 0.4) is 0 Å². The van der Waals surface area contributed by atoms with Gasteiger partial charge in [-0.25, -0.2) is 4.57 Å². The maximum atomic E-state index is 10.1. The van der Waals surface area contributed by atoms with Gasteiger partial charge in [0.2, 0.25) is 5.69 Å². The summed E-state index contributed by atoms with van der Waals surface area (Å²) in [4.78, 5) is 3.96. The van der Waals surface area contributed by atoms with Crippen LogP contribution in [0.1, 0.15) is 17.4 Å². The molecule has 2 aromatic heterocycles. The molecule has 2 heterocycles. The lowest BCUT2D eigenvalue weighted by Crippen LogP contribution is -2.34. The van der Waals surface area contributed by atoms with Crippen molar-refractivity contribution < 1.29 is 9.67 Å². The lowest BCUT2D eigenvalue weighted by molar-refractivity contribution is -0.683. The van der Waals surface area contributed by atoms with Gasteiger partial charge in [0.15, 0.2) is 6.20 Å². The standard InChI is InChI=1S/C13H15N2O/c1-15-9-3-2-4-12(15)13(16)10-11-5-7-14-8-6-11/h2-9,13,16H,10H2,1H3/q+1. The summed E-state index contributed by atoms with van der Waals surface area (Å²) in [6.07, 6.45) is 5.56. The van der Waals surface area contributed by atoms with Gasteiger partial charge in [-0.05, 0) is 17.7 Å². The van der Waals surface area contributed by atoms with Crippen molar-refractivity contribution in [2.24, 2.45) is 7.05 Å². The normalized spacial score (nSPS) is 12.4. The van der Waals surface area contributed by atoms with Gasteiger partial charge >= 0.3 is 0 Å². The van der Waals surface area contributed by atoms with E-state index in [0.29, 0.717) is 6.42 Å². The third-order valence-electron chi connectivity index (χ3n) is 2.61. The topological polar surface area (TPSA) is 37.0 Å². The minimum atomic E-state index is -0.478. The third kappa shape index (κ3) is 2.44. The second-order valence-corrected chi connectivity index (χ2v) is 3.81. The number of nitrogens with zero attached hydrogens (tertiary/aromatic N) is 2. The molecule has 2 aromatic rings. The van der Waals surface area contributed by atoms with E-state index in [1.54, 1.807) is 12.4 Å². The van der Waals surface area contributed by atoms with E-state index in [1.165, 1.54) is 0 Å². The lowest BCUT2D eigenvalue weighted by atomic mass is 10.1. The van der Waals surface area contributed by atoms with Crippen LogP contribution < -0.4 is 4.57 Å². The van der Waals surface area contributed by atoms with Crippen LogP contribution >= 0.6 is 0 Å². The predicted molar refractivity (Wildman–Crippen MR) is 60.5 cm³/mol. The molecule has 0 aliphatic carbocycles. The van der Waals surface area contributed by atoms with Crippen molar-refractivity contribution in [2.45, 2.75) is 12.5 Å². The van der Waals surface area contributed by atoms with Gasteiger partial charge in [0.05, 0.1) is 0 Å². The Morgan fingerprint density at radius 3 is 2.69 bits per heavy atom. The van der Waals surface area contributed by atoms with Crippen LogP contribution in [0.5, 0.6) is 0 Å². The minimum absolute atomic E-state index is 0.478. The van der Waals surface area contributed by atoms with Gasteiger partial charge in [-0.1, -0.05) is 6.07 Å². The molecule has 0 amide bonds. The molecule has 0 aromatic carbocycles. The molecule has 0 saturated heterocycles. The van der Waals surface area contributed by atoms with Crippen molar-refractivity contribution in [2.75, 3.05) is 0 Å². The molecule has 16 heavy (non-hydrogen) atoms. The predicted octanol–water partition coefficient (Wildman–Crippen LogP) is 1.18. The van der Waals surface area contributed by atoms with Gasteiger partial charge in [-0.3, -0.25) is 4.98 Å². The molecule has 0 bridgehead atoms. The molecule has 0 saturated carbocycles. The second-order valence-electron chi connectivity index (χ2n) is 3.81. The Morgan fingerprint density at radius 1 is 1.25 bits per heavy atom. The fraction of sp³-hybridized carbons (Fsp3) is 0.231. The van der Waals surface area contributed by atoms with Gasteiger partial charge in [-0.15, -0.1) is 0 Å². The molecule has 0 radical (unpaired) electrons. The summed E-state index contributed by atoms with van der Waals surface area (Å²) >= 11 is 0. The highest BCUT2D eigenvalue weighted by Gasteiger charge is 2.16. The highest BCUT2D eigenvalue weighted by Crippen LogP contribution is 2.13. The molecule has 0 aliphatic rings. The molecule has 1 atom stereocenters. The van der Waals surface area contributed by atoms with Crippen LogP contribution in [-0.4, -0.2) is 10.1 Å². The quantitative estimate of drug-likeness (QED) is 0.781. The summed E-state index contributed by atoms with van der Waals surface area (Å²) in [6, 6.07) is 9.66. The maximum Gasteiger partial charge on any atom is 0.210 e. The average molecular weight is 215 g/mol. The third-order valence-corrected chi connectivity index (χ3v) is 2.61. The molecule has 2 rings (SSSR count). The van der Waals surface area contributed by atoms with E-state index >= 15 is 0 Å². The van der Waals surface area contributed by atoms with Gasteiger partial charge in [0.1, 0.15) is 13.2 Å². The highest BCUT2D eigenvalue weighted by atomic mass is 16.3. The second kappa shape index (κ2) is 4.86. The number of hydrogen-bond acceptors (Lipinski definition) is 2. The molecule has 1 unspecified atom stereocenters. The Morgan fingerprint density at radius 2 is 2.00 bits per heavy atom. The molecule has 82 valence electrons. The van der Waals surface area contributed by atoms with Crippen LogP contribution in [0.2, 0.25) is 0 Å². The largest absolute Gasteiger partial charge is 0.382 e. The Kier molecular flexibility index (Phi) is 3.27. The van der Waals surface area contributed by atoms with Crippen molar-refractivity contribution >= 4 is 0 Å². The summed E-state index contributed by atoms with van der Waals surface area (Å²) in [5.41, 5.74) is 2.01. The summed E-state index contributed by atoms with van der Waals surface area (Å²) in [6.45, 7) is 0. The van der Waals surface area contributed by atoms with Crippen LogP contribution in [0.4, 0.5) is 0 Å². The van der Waals surface area contributed by atoms with Crippen molar-refractivity contribution in [1.29, 1.82) is 0 Å². The fourth-order valence-electron chi connectivity index (χ4n) is 1.73. The number of aromatic nitrogens is 2. The van der Waals surface area contributed by atoms with Crippen molar-refractivity contribution in [3.05, 3.63) is 60.2 Å². The Bertz CT molecular complexity index is 456. The maximum absolute atomic E-state index is 10.1. The summed E-state index contributed by atoms with van der Waals surface area (Å²) in [7, 11) is 1.94. The molecule has 3 heteroatoms. The number of aryl methyl sites for hydroxylation is 1. The van der Waals surface area contributed by atoms with Gasteiger partial charge in [0, 0.05) is 30.9 Å². The molecular weight excluding hydrogens is 200 g/mol. The van der Waals surface area contributed by atoms with Crippen LogP contribution in [0.15, 0.2) is 48.9 Å². The molecular formula is C13H15N2O+. The first-order chi connectivity index (χ1) is 7.77. The average Bonchev–Trinajstić information content (AvgIpc) is 2.31. The Balaban J connectivity index is 2.15. The zero-order chi connectivity index (χ0) is 11.4. The number of rotatable bonds is 3. The smallest absolute Gasteiger partial charge is 0.210 e. The molecule has 1 N–H and O–H groups in total. The molecule has 0 spiro atoms. The minimum Gasteiger partial charge on any atom is -0.382 e. The van der Waals surface area contributed by atoms with Gasteiger partial charge in [0.25, 0.3) is 0 Å². The highest BCUT2D eigenvalue weighted by molar-refractivity contribution is 5.13. The Hall–Kier alpha value is -1.74.